The van der Waals surface area contributed by atoms with E-state index in [0.29, 0.717) is 5.75 Å². The van der Waals surface area contributed by atoms with Crippen LogP contribution < -0.4 is 5.32 Å². The van der Waals surface area contributed by atoms with Gasteiger partial charge in [0, 0.05) is 11.9 Å². The molecular formula is C16H16N4OS. The Balaban J connectivity index is 1.71. The van der Waals surface area contributed by atoms with E-state index in [1.807, 2.05) is 36.5 Å². The van der Waals surface area contributed by atoms with E-state index in [2.05, 4.69) is 27.2 Å². The molecule has 0 atom stereocenters. The quantitative estimate of drug-likeness (QED) is 0.560. The van der Waals surface area contributed by atoms with E-state index in [-0.39, 0.29) is 5.91 Å². The van der Waals surface area contributed by atoms with Crippen molar-refractivity contribution in [2.24, 2.45) is 0 Å². The molecule has 5 nitrogen and oxygen atoms in total. The fourth-order valence-corrected chi connectivity index (χ4v) is 3.07. The minimum absolute atomic E-state index is 0.0449. The molecule has 2 aromatic heterocycles. The molecule has 0 bridgehead atoms. The molecule has 1 aromatic carbocycles. The number of carbonyl (C=O) groups is 1. The number of nitrogens with one attached hydrogen (secondary N) is 2. The molecule has 0 saturated heterocycles. The summed E-state index contributed by atoms with van der Waals surface area (Å²) in [4.78, 5) is 23.7. The van der Waals surface area contributed by atoms with Crippen molar-refractivity contribution in [3.8, 4) is 0 Å². The van der Waals surface area contributed by atoms with Crippen molar-refractivity contribution in [3.63, 3.8) is 0 Å². The summed E-state index contributed by atoms with van der Waals surface area (Å²) in [6.45, 7) is 2.09. The lowest BCUT2D eigenvalue weighted by Gasteiger charge is -2.05. The maximum Gasteiger partial charge on any atom is 0.234 e. The summed E-state index contributed by atoms with van der Waals surface area (Å²) in [6.07, 6.45) is 4.38. The van der Waals surface area contributed by atoms with Crippen LogP contribution >= 0.6 is 11.8 Å². The third-order valence-corrected chi connectivity index (χ3v) is 4.28. The van der Waals surface area contributed by atoms with Crippen LogP contribution in [0, 0.1) is 0 Å². The number of rotatable bonds is 5. The predicted molar refractivity (Wildman–Crippen MR) is 89.1 cm³/mol. The number of para-hydroxylation sites is 1. The van der Waals surface area contributed by atoms with Crippen LogP contribution in [0.5, 0.6) is 0 Å². The van der Waals surface area contributed by atoms with Crippen LogP contribution in [0.2, 0.25) is 0 Å². The standard InChI is InChI=1S/C16H16N4OS/c1-2-11-8-17-15-14(11)16(19-10-18-15)22-9-13(21)20-12-6-4-3-5-7-12/h3-8,10H,2,9H2,1H3,(H,20,21)(H,17,18,19). The van der Waals surface area contributed by atoms with Gasteiger partial charge in [-0.05, 0) is 24.1 Å². The first-order valence-corrected chi connectivity index (χ1v) is 8.05. The van der Waals surface area contributed by atoms with Gasteiger partial charge >= 0.3 is 0 Å². The molecule has 0 spiro atoms. The molecule has 0 fully saturated rings. The Hall–Kier alpha value is -2.34. The normalized spacial score (nSPS) is 10.8. The number of fused-ring (bicyclic) bond motifs is 1. The maximum absolute atomic E-state index is 12.0. The molecule has 112 valence electrons. The lowest BCUT2D eigenvalue weighted by atomic mass is 10.2. The van der Waals surface area contributed by atoms with Gasteiger partial charge in [0.2, 0.25) is 5.91 Å². The zero-order valence-electron chi connectivity index (χ0n) is 12.2. The first kappa shape index (κ1) is 14.6. The Kier molecular flexibility index (Phi) is 4.39. The van der Waals surface area contributed by atoms with Crippen molar-refractivity contribution < 1.29 is 4.79 Å². The number of amides is 1. The van der Waals surface area contributed by atoms with Gasteiger partial charge in [-0.3, -0.25) is 4.79 Å². The van der Waals surface area contributed by atoms with Gasteiger partial charge in [0.25, 0.3) is 0 Å². The zero-order valence-corrected chi connectivity index (χ0v) is 13.0. The number of nitrogens with zero attached hydrogens (tertiary/aromatic N) is 2. The second-order valence-corrected chi connectivity index (χ2v) is 5.74. The second kappa shape index (κ2) is 6.62. The Morgan fingerprint density at radius 1 is 1.27 bits per heavy atom. The maximum atomic E-state index is 12.0. The average Bonchev–Trinajstić information content (AvgIpc) is 2.97. The number of aromatic amines is 1. The third-order valence-electron chi connectivity index (χ3n) is 3.30. The second-order valence-electron chi connectivity index (χ2n) is 4.77. The van der Waals surface area contributed by atoms with Gasteiger partial charge in [-0.2, -0.15) is 0 Å². The number of H-pyrrole nitrogens is 1. The van der Waals surface area contributed by atoms with E-state index in [9.17, 15) is 4.79 Å². The highest BCUT2D eigenvalue weighted by Gasteiger charge is 2.12. The number of benzene rings is 1. The van der Waals surface area contributed by atoms with E-state index in [0.717, 1.165) is 28.2 Å². The molecule has 6 heteroatoms. The van der Waals surface area contributed by atoms with E-state index in [1.165, 1.54) is 23.7 Å². The topological polar surface area (TPSA) is 70.7 Å². The summed E-state index contributed by atoms with van der Waals surface area (Å²) in [5, 5.41) is 4.73. The van der Waals surface area contributed by atoms with Crippen molar-refractivity contribution in [2.45, 2.75) is 18.4 Å². The van der Waals surface area contributed by atoms with Gasteiger partial charge in [0.05, 0.1) is 11.1 Å². The first-order chi connectivity index (χ1) is 10.8. The average molecular weight is 312 g/mol. The van der Waals surface area contributed by atoms with Gasteiger partial charge in [0.1, 0.15) is 17.0 Å². The van der Waals surface area contributed by atoms with Crippen molar-refractivity contribution in [1.82, 2.24) is 15.0 Å². The molecule has 0 aliphatic carbocycles. The minimum atomic E-state index is -0.0449. The SMILES string of the molecule is CCc1c[nH]c2ncnc(SCC(=O)Nc3ccccc3)c12. The summed E-state index contributed by atoms with van der Waals surface area (Å²) in [5.74, 6) is 0.270. The van der Waals surface area contributed by atoms with Crippen LogP contribution in [0.4, 0.5) is 5.69 Å². The molecule has 0 radical (unpaired) electrons. The highest BCUT2D eigenvalue weighted by Crippen LogP contribution is 2.27. The van der Waals surface area contributed by atoms with Crippen LogP contribution in [-0.4, -0.2) is 26.6 Å². The number of hydrogen-bond donors (Lipinski definition) is 2. The largest absolute Gasteiger partial charge is 0.346 e. The molecule has 1 amide bonds. The van der Waals surface area contributed by atoms with Gasteiger partial charge in [0.15, 0.2) is 0 Å². The number of carbonyl (C=O) groups excluding carboxylic acids is 1. The number of hydrogen-bond acceptors (Lipinski definition) is 4. The Morgan fingerprint density at radius 3 is 2.86 bits per heavy atom. The fraction of sp³-hybridized carbons (Fsp3) is 0.188. The fourth-order valence-electron chi connectivity index (χ4n) is 2.24. The van der Waals surface area contributed by atoms with Gasteiger partial charge in [-0.25, -0.2) is 9.97 Å². The number of aromatic nitrogens is 3. The van der Waals surface area contributed by atoms with Crippen LogP contribution in [0.3, 0.4) is 0 Å². The Labute approximate surface area is 132 Å². The third kappa shape index (κ3) is 3.12. The molecule has 0 aliphatic rings. The van der Waals surface area contributed by atoms with Gasteiger partial charge in [-0.15, -0.1) is 0 Å². The predicted octanol–water partition coefficient (Wildman–Crippen LogP) is 3.25. The van der Waals surface area contributed by atoms with E-state index in [4.69, 9.17) is 0 Å². The molecule has 0 saturated carbocycles. The lowest BCUT2D eigenvalue weighted by Crippen LogP contribution is -2.14. The van der Waals surface area contributed by atoms with Crippen molar-refractivity contribution in [1.29, 1.82) is 0 Å². The van der Waals surface area contributed by atoms with Crippen molar-refractivity contribution in [2.75, 3.05) is 11.1 Å². The van der Waals surface area contributed by atoms with E-state index in [1.54, 1.807) is 0 Å². The molecule has 0 unspecified atom stereocenters. The Bertz CT molecular complexity index is 785. The molecular weight excluding hydrogens is 296 g/mol. The van der Waals surface area contributed by atoms with Gasteiger partial charge in [-0.1, -0.05) is 36.9 Å². The number of aryl methyl sites for hydroxylation is 1. The molecule has 0 aliphatic heterocycles. The highest BCUT2D eigenvalue weighted by molar-refractivity contribution is 8.00. The zero-order chi connectivity index (χ0) is 15.4. The molecule has 22 heavy (non-hydrogen) atoms. The monoisotopic (exact) mass is 312 g/mol. The summed E-state index contributed by atoms with van der Waals surface area (Å²) >= 11 is 1.43. The van der Waals surface area contributed by atoms with Crippen LogP contribution in [0.25, 0.3) is 11.0 Å². The van der Waals surface area contributed by atoms with Crippen LogP contribution in [-0.2, 0) is 11.2 Å². The van der Waals surface area contributed by atoms with Crippen LogP contribution in [0.1, 0.15) is 12.5 Å². The van der Waals surface area contributed by atoms with E-state index < -0.39 is 0 Å². The smallest absolute Gasteiger partial charge is 0.234 e. The highest BCUT2D eigenvalue weighted by atomic mass is 32.2. The van der Waals surface area contributed by atoms with Crippen LogP contribution in [0.15, 0.2) is 47.9 Å². The molecule has 2 N–H and O–H groups in total. The molecule has 3 aromatic rings. The first-order valence-electron chi connectivity index (χ1n) is 7.06. The van der Waals surface area contributed by atoms with Crippen molar-refractivity contribution in [3.05, 3.63) is 48.4 Å². The summed E-state index contributed by atoms with van der Waals surface area (Å²) in [7, 11) is 0. The summed E-state index contributed by atoms with van der Waals surface area (Å²) < 4.78 is 0. The van der Waals surface area contributed by atoms with E-state index >= 15 is 0 Å². The molecule has 2 heterocycles. The summed E-state index contributed by atoms with van der Waals surface area (Å²) in [6, 6.07) is 9.44. The number of anilines is 1. The minimum Gasteiger partial charge on any atom is -0.346 e. The Morgan fingerprint density at radius 2 is 2.09 bits per heavy atom. The summed E-state index contributed by atoms with van der Waals surface area (Å²) in [5.41, 5.74) is 2.79. The lowest BCUT2D eigenvalue weighted by molar-refractivity contribution is -0.113. The number of thioether (sulfide) groups is 1. The van der Waals surface area contributed by atoms with Gasteiger partial charge < -0.3 is 10.3 Å². The molecule has 3 rings (SSSR count). The van der Waals surface area contributed by atoms with Crippen molar-refractivity contribution >= 4 is 34.4 Å².